The molecule has 0 radical (unpaired) electrons. The first-order valence-corrected chi connectivity index (χ1v) is 12.8. The second kappa shape index (κ2) is 10.2. The minimum Gasteiger partial charge on any atom is -0.465 e. The Morgan fingerprint density at radius 2 is 1.95 bits per heavy atom. The highest BCUT2D eigenvalue weighted by Crippen LogP contribution is 2.44. The number of esters is 1. The molecular weight excluding hydrogens is 513 g/mol. The van der Waals surface area contributed by atoms with Gasteiger partial charge in [-0.05, 0) is 56.4 Å². The van der Waals surface area contributed by atoms with E-state index in [-0.39, 0.29) is 53.2 Å². The molecule has 1 saturated heterocycles. The number of likely N-dealkylation sites (tertiary alicyclic amines) is 1. The molecule has 0 spiro atoms. The van der Waals surface area contributed by atoms with Gasteiger partial charge in [0.2, 0.25) is 11.8 Å². The van der Waals surface area contributed by atoms with Crippen LogP contribution >= 0.6 is 11.6 Å². The fourth-order valence-corrected chi connectivity index (χ4v) is 5.78. The lowest BCUT2D eigenvalue weighted by Crippen LogP contribution is -2.51. The number of amides is 2. The average Bonchev–Trinajstić information content (AvgIpc) is 3.38. The van der Waals surface area contributed by atoms with Crippen LogP contribution < -0.4 is 5.32 Å². The van der Waals surface area contributed by atoms with Crippen molar-refractivity contribution in [2.75, 3.05) is 7.11 Å². The van der Waals surface area contributed by atoms with Crippen molar-refractivity contribution in [2.45, 2.75) is 51.4 Å². The van der Waals surface area contributed by atoms with Crippen LogP contribution in [0.15, 0.2) is 42.6 Å². The zero-order valence-corrected chi connectivity index (χ0v) is 21.8. The monoisotopic (exact) mass is 539 g/mol. The first-order valence-electron chi connectivity index (χ1n) is 12.4. The van der Waals surface area contributed by atoms with E-state index in [1.807, 2.05) is 0 Å². The summed E-state index contributed by atoms with van der Waals surface area (Å²) in [5, 5.41) is 3.30. The number of benzene rings is 2. The Balaban J connectivity index is 1.38. The van der Waals surface area contributed by atoms with Gasteiger partial charge in [-0.1, -0.05) is 23.7 Å². The van der Waals surface area contributed by atoms with Crippen LogP contribution in [-0.2, 0) is 27.4 Å². The van der Waals surface area contributed by atoms with Gasteiger partial charge in [0.25, 0.3) is 0 Å². The number of nitrogens with zero attached hydrogens (tertiary/aromatic N) is 2. The van der Waals surface area contributed by atoms with Gasteiger partial charge in [0.05, 0.1) is 17.7 Å². The summed E-state index contributed by atoms with van der Waals surface area (Å²) in [6.07, 6.45) is 3.92. The quantitative estimate of drug-likeness (QED) is 0.360. The molecule has 1 N–H and O–H groups in total. The van der Waals surface area contributed by atoms with E-state index in [9.17, 15) is 23.6 Å². The molecule has 2 heterocycles. The zero-order valence-electron chi connectivity index (χ0n) is 21.0. The average molecular weight is 540 g/mol. The first kappa shape index (κ1) is 25.9. The number of ether oxygens (including phenoxy) is 1. The third-order valence-corrected chi connectivity index (χ3v) is 7.95. The van der Waals surface area contributed by atoms with E-state index in [4.69, 9.17) is 16.3 Å². The largest absolute Gasteiger partial charge is 0.465 e. The highest BCUT2D eigenvalue weighted by atomic mass is 35.5. The maximum absolute atomic E-state index is 14.3. The maximum atomic E-state index is 14.3. The first-order chi connectivity index (χ1) is 18.2. The number of carbonyl (C=O) groups excluding carboxylic acids is 4. The molecule has 198 valence electrons. The molecule has 5 rings (SSSR count). The van der Waals surface area contributed by atoms with Crippen molar-refractivity contribution < 1.29 is 28.3 Å². The molecule has 1 aromatic heterocycles. The Morgan fingerprint density at radius 3 is 2.63 bits per heavy atom. The molecule has 1 aliphatic heterocycles. The van der Waals surface area contributed by atoms with Crippen LogP contribution in [0, 0.1) is 11.7 Å². The molecular formula is C28H27ClFN3O5. The molecule has 3 atom stereocenters. The predicted octanol–water partition coefficient (Wildman–Crippen LogP) is 4.12. The standard InChI is InChI=1S/C28H27ClFN3O5/c1-15(34)20-13-32(23-9-7-17(10-19(20)23)28(37)38-2)14-25(35)33-22-8-6-16(22)11-24(33)27(36)31-12-18-4-3-5-21(29)26(18)30/h3-5,7,9-10,13,16,22,24H,6,8,11-12,14H2,1-2H3,(H,31,36). The topological polar surface area (TPSA) is 97.7 Å². The zero-order chi connectivity index (χ0) is 27.1. The SMILES string of the molecule is COC(=O)c1ccc2c(c1)c(C(C)=O)cn2CC(=O)N1C(C(=O)NCc2cccc(Cl)c2F)CC2CCC21. The molecule has 2 aromatic carbocycles. The summed E-state index contributed by atoms with van der Waals surface area (Å²) >= 11 is 5.85. The highest BCUT2D eigenvalue weighted by Gasteiger charge is 2.50. The molecule has 3 unspecified atom stereocenters. The van der Waals surface area contributed by atoms with E-state index in [1.165, 1.54) is 20.1 Å². The summed E-state index contributed by atoms with van der Waals surface area (Å²) in [6.45, 7) is 1.32. The highest BCUT2D eigenvalue weighted by molar-refractivity contribution is 6.30. The number of methoxy groups -OCH3 is 1. The van der Waals surface area contributed by atoms with Gasteiger partial charge in [0.1, 0.15) is 18.4 Å². The van der Waals surface area contributed by atoms with Crippen molar-refractivity contribution in [3.63, 3.8) is 0 Å². The summed E-state index contributed by atoms with van der Waals surface area (Å²) < 4.78 is 20.8. The molecule has 2 aliphatic rings. The Kier molecular flexibility index (Phi) is 6.96. The minimum absolute atomic E-state index is 0.0185. The van der Waals surface area contributed by atoms with Crippen molar-refractivity contribution in [1.82, 2.24) is 14.8 Å². The van der Waals surface area contributed by atoms with Crippen LogP contribution in [0.2, 0.25) is 5.02 Å². The summed E-state index contributed by atoms with van der Waals surface area (Å²) in [5.41, 5.74) is 1.58. The lowest BCUT2D eigenvalue weighted by molar-refractivity contribution is -0.142. The Hall–Kier alpha value is -3.72. The van der Waals surface area contributed by atoms with Gasteiger partial charge in [-0.2, -0.15) is 0 Å². The van der Waals surface area contributed by atoms with Crippen LogP contribution in [0.4, 0.5) is 4.39 Å². The molecule has 38 heavy (non-hydrogen) atoms. The number of ketones is 1. The molecule has 0 bridgehead atoms. The van der Waals surface area contributed by atoms with E-state index in [2.05, 4.69) is 5.32 Å². The number of nitrogens with one attached hydrogen (secondary N) is 1. The number of halogens is 2. The smallest absolute Gasteiger partial charge is 0.337 e. The van der Waals surface area contributed by atoms with Gasteiger partial charge in [-0.15, -0.1) is 0 Å². The van der Waals surface area contributed by atoms with Crippen LogP contribution in [0.3, 0.4) is 0 Å². The van der Waals surface area contributed by atoms with Gasteiger partial charge in [0.15, 0.2) is 5.78 Å². The summed E-state index contributed by atoms with van der Waals surface area (Å²) in [6, 6.07) is 8.77. The Morgan fingerprint density at radius 1 is 1.16 bits per heavy atom. The molecule has 1 saturated carbocycles. The molecule has 2 fully saturated rings. The van der Waals surface area contributed by atoms with Crippen molar-refractivity contribution in [3.8, 4) is 0 Å². The molecule has 10 heteroatoms. The normalized spacial score (nSPS) is 20.1. The molecule has 1 aliphatic carbocycles. The summed E-state index contributed by atoms with van der Waals surface area (Å²) in [4.78, 5) is 52.8. The van der Waals surface area contributed by atoms with Crippen LogP contribution in [0.25, 0.3) is 10.9 Å². The second-order valence-electron chi connectivity index (χ2n) is 9.84. The van der Waals surface area contributed by atoms with Crippen LogP contribution in [-0.4, -0.2) is 52.2 Å². The number of hydrogen-bond donors (Lipinski definition) is 1. The van der Waals surface area contributed by atoms with Crippen LogP contribution in [0.1, 0.15) is 52.5 Å². The fourth-order valence-electron chi connectivity index (χ4n) is 5.58. The molecule has 3 aromatic rings. The van der Waals surface area contributed by atoms with E-state index in [1.54, 1.807) is 46.0 Å². The van der Waals surface area contributed by atoms with E-state index < -0.39 is 17.8 Å². The lowest BCUT2D eigenvalue weighted by Gasteiger charge is -2.37. The predicted molar refractivity (Wildman–Crippen MR) is 138 cm³/mol. The number of carbonyl (C=O) groups is 4. The fraction of sp³-hybridized carbons (Fsp3) is 0.357. The maximum Gasteiger partial charge on any atom is 0.337 e. The van der Waals surface area contributed by atoms with Crippen molar-refractivity contribution in [2.24, 2.45) is 5.92 Å². The van der Waals surface area contributed by atoms with Gasteiger partial charge in [-0.3, -0.25) is 14.4 Å². The third-order valence-electron chi connectivity index (χ3n) is 7.66. The van der Waals surface area contributed by atoms with Crippen molar-refractivity contribution in [1.29, 1.82) is 0 Å². The van der Waals surface area contributed by atoms with E-state index in [0.717, 1.165) is 12.8 Å². The van der Waals surface area contributed by atoms with Gasteiger partial charge in [0, 0.05) is 40.8 Å². The molecule has 2 amide bonds. The number of Topliss-reactive ketones (excluding diaryl/α,β-unsaturated/α-hetero) is 1. The third kappa shape index (κ3) is 4.55. The minimum atomic E-state index is -0.665. The van der Waals surface area contributed by atoms with Crippen LogP contribution in [0.5, 0.6) is 0 Å². The summed E-state index contributed by atoms with van der Waals surface area (Å²) in [7, 11) is 1.28. The van der Waals surface area contributed by atoms with Gasteiger partial charge in [-0.25, -0.2) is 9.18 Å². The van der Waals surface area contributed by atoms with E-state index >= 15 is 0 Å². The van der Waals surface area contributed by atoms with Gasteiger partial charge >= 0.3 is 5.97 Å². The van der Waals surface area contributed by atoms with Gasteiger partial charge < -0.3 is 19.5 Å². The Bertz CT molecular complexity index is 1470. The van der Waals surface area contributed by atoms with Crippen molar-refractivity contribution >= 4 is 46.1 Å². The summed E-state index contributed by atoms with van der Waals surface area (Å²) in [5.74, 6) is -1.63. The number of fused-ring (bicyclic) bond motifs is 2. The number of aromatic nitrogens is 1. The second-order valence-corrected chi connectivity index (χ2v) is 10.2. The number of hydrogen-bond acceptors (Lipinski definition) is 5. The Labute approximate surface area is 223 Å². The van der Waals surface area contributed by atoms with E-state index in [0.29, 0.717) is 28.5 Å². The lowest BCUT2D eigenvalue weighted by atomic mass is 9.80. The number of rotatable bonds is 7. The van der Waals surface area contributed by atoms with Crippen molar-refractivity contribution in [3.05, 3.63) is 70.1 Å². The molecule has 8 nitrogen and oxygen atoms in total.